The minimum atomic E-state index is 0.500. The summed E-state index contributed by atoms with van der Waals surface area (Å²) in [7, 11) is 0. The van der Waals surface area contributed by atoms with E-state index in [9.17, 15) is 0 Å². The molecule has 0 heteroatoms. The zero-order valence-electron chi connectivity index (χ0n) is 12.2. The summed E-state index contributed by atoms with van der Waals surface area (Å²) in [6, 6.07) is 0. The van der Waals surface area contributed by atoms with E-state index < -0.39 is 0 Å². The molecule has 0 radical (unpaired) electrons. The Hall–Kier alpha value is -0.260. The standard InChI is InChI=1S/2C5H12.C4H8/c2*1-5(2,3)4;1-4(2)3/h2*1-4H3;1H2,2-3H3. The van der Waals surface area contributed by atoms with Gasteiger partial charge in [0, 0.05) is 0 Å². The lowest BCUT2D eigenvalue weighted by atomic mass is 10.0. The van der Waals surface area contributed by atoms with E-state index >= 15 is 0 Å². The molecule has 0 aromatic heterocycles. The molecule has 0 N–H and O–H groups in total. The average molecular weight is 200 g/mol. The summed E-state index contributed by atoms with van der Waals surface area (Å²) < 4.78 is 0. The molecule has 0 rings (SSSR count). The third-order valence-corrected chi connectivity index (χ3v) is 0. The molecule has 0 aromatic carbocycles. The van der Waals surface area contributed by atoms with Crippen molar-refractivity contribution in [1.29, 1.82) is 0 Å². The molecular formula is C14H32. The third kappa shape index (κ3) is 20000. The van der Waals surface area contributed by atoms with E-state index in [-0.39, 0.29) is 0 Å². The molecule has 0 heterocycles. The highest BCUT2D eigenvalue weighted by atomic mass is 14.0. The van der Waals surface area contributed by atoms with Gasteiger partial charge in [0.1, 0.15) is 0 Å². The molecule has 0 amide bonds. The Balaban J connectivity index is -0.000000131. The minimum absolute atomic E-state index is 0.500. The third-order valence-electron chi connectivity index (χ3n) is 0. The second-order valence-corrected chi connectivity index (χ2v) is 7.21. The molecule has 0 nitrogen and oxygen atoms in total. The van der Waals surface area contributed by atoms with Gasteiger partial charge < -0.3 is 0 Å². The van der Waals surface area contributed by atoms with Crippen LogP contribution in [0.1, 0.15) is 69.2 Å². The summed E-state index contributed by atoms with van der Waals surface area (Å²) in [4.78, 5) is 0. The lowest BCUT2D eigenvalue weighted by Gasteiger charge is -2.05. The van der Waals surface area contributed by atoms with Crippen molar-refractivity contribution >= 4 is 0 Å². The van der Waals surface area contributed by atoms with Crippen LogP contribution < -0.4 is 0 Å². The maximum absolute atomic E-state index is 3.56. The van der Waals surface area contributed by atoms with Crippen LogP contribution in [0.5, 0.6) is 0 Å². The van der Waals surface area contributed by atoms with Gasteiger partial charge in [0.05, 0.1) is 0 Å². The molecule has 14 heavy (non-hydrogen) atoms. The van der Waals surface area contributed by atoms with Crippen LogP contribution in [0.3, 0.4) is 0 Å². The fraction of sp³-hybridized carbons (Fsp3) is 0.857. The van der Waals surface area contributed by atoms with Gasteiger partial charge in [-0.05, 0) is 24.7 Å². The molecule has 0 aromatic rings. The zero-order chi connectivity index (χ0) is 12.6. The molecule has 88 valence electrons. The van der Waals surface area contributed by atoms with Crippen LogP contribution in [0.25, 0.3) is 0 Å². The Morgan fingerprint density at radius 1 is 0.643 bits per heavy atom. The molecular weight excluding hydrogens is 168 g/mol. The summed E-state index contributed by atoms with van der Waals surface area (Å²) in [5.41, 5.74) is 2.17. The van der Waals surface area contributed by atoms with Crippen molar-refractivity contribution in [3.63, 3.8) is 0 Å². The smallest absolute Gasteiger partial charge is 0.0411 e. The zero-order valence-corrected chi connectivity index (χ0v) is 12.2. The van der Waals surface area contributed by atoms with Gasteiger partial charge in [-0.2, -0.15) is 0 Å². The highest BCUT2D eigenvalue weighted by Crippen LogP contribution is 2.08. The second kappa shape index (κ2) is 8.08. The molecule has 0 atom stereocenters. The van der Waals surface area contributed by atoms with Crippen LogP contribution in [0.2, 0.25) is 0 Å². The first-order valence-electron chi connectivity index (χ1n) is 5.35. The number of allylic oxidation sites excluding steroid dienone is 1. The predicted molar refractivity (Wildman–Crippen MR) is 70.7 cm³/mol. The number of hydrogen-bond donors (Lipinski definition) is 0. The van der Waals surface area contributed by atoms with E-state index in [0.29, 0.717) is 10.8 Å². The van der Waals surface area contributed by atoms with E-state index in [1.165, 1.54) is 5.57 Å². The lowest BCUT2D eigenvalue weighted by molar-refractivity contribution is 0.469. The van der Waals surface area contributed by atoms with Crippen LogP contribution >= 0.6 is 0 Å². The Labute approximate surface area is 92.8 Å². The van der Waals surface area contributed by atoms with Crippen molar-refractivity contribution in [3.05, 3.63) is 12.2 Å². The van der Waals surface area contributed by atoms with Gasteiger partial charge >= 0.3 is 0 Å². The molecule has 0 aliphatic rings. The van der Waals surface area contributed by atoms with Gasteiger partial charge in [-0.15, -0.1) is 6.58 Å². The highest BCUT2D eigenvalue weighted by molar-refractivity contribution is 4.78. The quantitative estimate of drug-likeness (QED) is 0.441. The van der Waals surface area contributed by atoms with Crippen molar-refractivity contribution in [3.8, 4) is 0 Å². The number of hydrogen-bond acceptors (Lipinski definition) is 0. The van der Waals surface area contributed by atoms with E-state index in [1.807, 2.05) is 13.8 Å². The van der Waals surface area contributed by atoms with Crippen LogP contribution in [0, 0.1) is 10.8 Å². The van der Waals surface area contributed by atoms with Gasteiger partial charge in [0.15, 0.2) is 0 Å². The van der Waals surface area contributed by atoms with Gasteiger partial charge in [-0.1, -0.05) is 61.0 Å². The van der Waals surface area contributed by atoms with E-state index in [4.69, 9.17) is 0 Å². The summed E-state index contributed by atoms with van der Waals surface area (Å²) in [6.07, 6.45) is 0. The fourth-order valence-electron chi connectivity index (χ4n) is 0. The Kier molecular flexibility index (Phi) is 11.2. The maximum Gasteiger partial charge on any atom is -0.0411 e. The van der Waals surface area contributed by atoms with Gasteiger partial charge in [-0.3, -0.25) is 0 Å². The molecule has 0 unspecified atom stereocenters. The number of rotatable bonds is 0. The van der Waals surface area contributed by atoms with Crippen LogP contribution in [0.4, 0.5) is 0 Å². The monoisotopic (exact) mass is 200 g/mol. The van der Waals surface area contributed by atoms with Crippen molar-refractivity contribution in [2.75, 3.05) is 0 Å². The van der Waals surface area contributed by atoms with Crippen molar-refractivity contribution in [1.82, 2.24) is 0 Å². The summed E-state index contributed by atoms with van der Waals surface area (Å²) in [5.74, 6) is 0. The van der Waals surface area contributed by atoms with Crippen molar-refractivity contribution < 1.29 is 0 Å². The Morgan fingerprint density at radius 3 is 0.643 bits per heavy atom. The molecule has 0 fully saturated rings. The first kappa shape index (κ1) is 19.3. The van der Waals surface area contributed by atoms with E-state index in [2.05, 4.69) is 62.0 Å². The topological polar surface area (TPSA) is 0 Å². The molecule has 0 saturated heterocycles. The first-order valence-corrected chi connectivity index (χ1v) is 5.35. The summed E-state index contributed by atoms with van der Waals surface area (Å²) in [6.45, 7) is 25.0. The van der Waals surface area contributed by atoms with Gasteiger partial charge in [0.2, 0.25) is 0 Å². The summed E-state index contributed by atoms with van der Waals surface area (Å²) in [5, 5.41) is 0. The summed E-state index contributed by atoms with van der Waals surface area (Å²) >= 11 is 0. The lowest BCUT2D eigenvalue weighted by Crippen LogP contribution is -1.93. The molecule has 0 spiro atoms. The van der Waals surface area contributed by atoms with E-state index in [0.717, 1.165) is 0 Å². The Morgan fingerprint density at radius 2 is 0.643 bits per heavy atom. The van der Waals surface area contributed by atoms with Gasteiger partial charge in [0.25, 0.3) is 0 Å². The predicted octanol–water partition coefficient (Wildman–Crippen LogP) is 5.69. The van der Waals surface area contributed by atoms with Gasteiger partial charge in [-0.25, -0.2) is 0 Å². The molecule has 0 bridgehead atoms. The Bertz CT molecular complexity index is 99.1. The fourth-order valence-corrected chi connectivity index (χ4v) is 0. The molecule has 0 aliphatic heterocycles. The van der Waals surface area contributed by atoms with Crippen LogP contribution in [-0.4, -0.2) is 0 Å². The second-order valence-electron chi connectivity index (χ2n) is 7.21. The highest BCUT2D eigenvalue weighted by Gasteiger charge is 1.96. The van der Waals surface area contributed by atoms with Crippen molar-refractivity contribution in [2.45, 2.75) is 69.2 Å². The largest absolute Gasteiger partial charge is 0.100 e. The SMILES string of the molecule is C=C(C)C.CC(C)(C)C.CC(C)(C)C. The average Bonchev–Trinajstić information content (AvgIpc) is 1.45. The van der Waals surface area contributed by atoms with Crippen LogP contribution in [-0.2, 0) is 0 Å². The van der Waals surface area contributed by atoms with Crippen LogP contribution in [0.15, 0.2) is 12.2 Å². The van der Waals surface area contributed by atoms with Crippen molar-refractivity contribution in [2.24, 2.45) is 10.8 Å². The normalized spacial score (nSPS) is 10.4. The maximum atomic E-state index is 3.56. The minimum Gasteiger partial charge on any atom is -0.100 e. The molecule has 0 saturated carbocycles. The molecule has 0 aliphatic carbocycles. The van der Waals surface area contributed by atoms with E-state index in [1.54, 1.807) is 0 Å². The first-order chi connectivity index (χ1) is 5.73.